The third-order valence-corrected chi connectivity index (χ3v) is 6.75. The van der Waals surface area contributed by atoms with Gasteiger partial charge in [0.25, 0.3) is 0 Å². The van der Waals surface area contributed by atoms with E-state index in [-0.39, 0.29) is 11.8 Å². The Hall–Kier alpha value is -3.01. The van der Waals surface area contributed by atoms with Crippen molar-refractivity contribution in [1.82, 2.24) is 5.01 Å². The highest BCUT2D eigenvalue weighted by Crippen LogP contribution is 2.52. The lowest BCUT2D eigenvalue weighted by molar-refractivity contribution is -0.142. The van der Waals surface area contributed by atoms with Gasteiger partial charge in [0.1, 0.15) is 17.2 Å². The van der Waals surface area contributed by atoms with Gasteiger partial charge in [-0.25, -0.2) is 5.01 Å². The lowest BCUT2D eigenvalue weighted by atomic mass is 9.78. The van der Waals surface area contributed by atoms with Crippen LogP contribution in [0.1, 0.15) is 61.0 Å². The Labute approximate surface area is 170 Å². The largest absolute Gasteiger partial charge is 0.466 e. The predicted molar refractivity (Wildman–Crippen MR) is 112 cm³/mol. The Balaban J connectivity index is 1.35. The van der Waals surface area contributed by atoms with Crippen molar-refractivity contribution < 1.29 is 9.15 Å². The summed E-state index contributed by atoms with van der Waals surface area (Å²) in [6.07, 6.45) is 6.76. The maximum Gasteiger partial charge on any atom is 0.198 e. The van der Waals surface area contributed by atoms with Gasteiger partial charge in [-0.2, -0.15) is 5.10 Å². The molecule has 6 rings (SSSR count). The quantitative estimate of drug-likeness (QED) is 0.554. The van der Waals surface area contributed by atoms with Crippen molar-refractivity contribution in [3.8, 4) is 5.75 Å². The molecule has 1 fully saturated rings. The molecule has 0 bridgehead atoms. The van der Waals surface area contributed by atoms with Crippen LogP contribution in [0.15, 0.2) is 82.5 Å². The Morgan fingerprint density at radius 1 is 0.897 bits per heavy atom. The molecule has 1 unspecified atom stereocenters. The monoisotopic (exact) mass is 384 g/mol. The van der Waals surface area contributed by atoms with Crippen LogP contribution >= 0.6 is 0 Å². The molecule has 4 heteroatoms. The first-order valence-electron chi connectivity index (χ1n) is 10.6. The first-order valence-corrected chi connectivity index (χ1v) is 10.6. The van der Waals surface area contributed by atoms with Gasteiger partial charge in [-0.3, -0.25) is 0 Å². The fraction of sp³-hybridized carbons (Fsp3) is 0.320. The molecule has 29 heavy (non-hydrogen) atoms. The molecule has 1 saturated carbocycles. The molecule has 3 heterocycles. The number of fused-ring (bicyclic) bond motifs is 4. The van der Waals surface area contributed by atoms with Crippen LogP contribution in [0.3, 0.4) is 0 Å². The van der Waals surface area contributed by atoms with Crippen molar-refractivity contribution in [2.24, 2.45) is 5.10 Å². The van der Waals surface area contributed by atoms with Gasteiger partial charge in [-0.05, 0) is 42.5 Å². The van der Waals surface area contributed by atoms with Crippen LogP contribution in [0, 0.1) is 0 Å². The van der Waals surface area contributed by atoms with Crippen LogP contribution in [0.5, 0.6) is 5.75 Å². The maximum atomic E-state index is 6.71. The molecule has 3 aliphatic rings. The van der Waals surface area contributed by atoms with Crippen molar-refractivity contribution in [3.05, 3.63) is 89.9 Å². The minimum absolute atomic E-state index is 0.216. The van der Waals surface area contributed by atoms with Crippen molar-refractivity contribution in [1.29, 1.82) is 0 Å². The predicted octanol–water partition coefficient (Wildman–Crippen LogP) is 5.88. The average Bonchev–Trinajstić information content (AvgIpc) is 3.46. The molecule has 2 aliphatic heterocycles. The van der Waals surface area contributed by atoms with E-state index in [0.717, 1.165) is 49.3 Å². The minimum Gasteiger partial charge on any atom is -0.466 e. The molecular weight excluding hydrogens is 360 g/mol. The fourth-order valence-corrected chi connectivity index (χ4v) is 5.28. The van der Waals surface area contributed by atoms with Crippen molar-refractivity contribution in [2.45, 2.75) is 49.8 Å². The van der Waals surface area contributed by atoms with Crippen molar-refractivity contribution in [3.63, 3.8) is 0 Å². The summed E-state index contributed by atoms with van der Waals surface area (Å²) in [5, 5.41) is 7.32. The van der Waals surface area contributed by atoms with E-state index in [4.69, 9.17) is 14.3 Å². The lowest BCUT2D eigenvalue weighted by Gasteiger charge is -2.50. The number of nitrogens with zero attached hydrogens (tertiary/aromatic N) is 2. The molecule has 0 radical (unpaired) electrons. The summed E-state index contributed by atoms with van der Waals surface area (Å²) in [7, 11) is 0. The number of para-hydroxylation sites is 1. The van der Waals surface area contributed by atoms with Gasteiger partial charge < -0.3 is 9.15 Å². The van der Waals surface area contributed by atoms with Crippen LogP contribution in [0.25, 0.3) is 0 Å². The van der Waals surface area contributed by atoms with Crippen LogP contribution in [-0.2, 0) is 0 Å². The topological polar surface area (TPSA) is 38.0 Å². The van der Waals surface area contributed by atoms with E-state index < -0.39 is 0 Å². The van der Waals surface area contributed by atoms with E-state index in [0.29, 0.717) is 5.92 Å². The number of ether oxygens (including phenoxy) is 1. The summed E-state index contributed by atoms with van der Waals surface area (Å²) < 4.78 is 12.4. The number of benzene rings is 2. The molecule has 1 spiro atoms. The third kappa shape index (κ3) is 2.70. The summed E-state index contributed by atoms with van der Waals surface area (Å²) >= 11 is 0. The molecule has 0 N–H and O–H groups in total. The highest BCUT2D eigenvalue weighted by Gasteiger charge is 2.52. The first kappa shape index (κ1) is 16.9. The van der Waals surface area contributed by atoms with E-state index in [9.17, 15) is 0 Å². The molecule has 4 nitrogen and oxygen atoms in total. The zero-order valence-corrected chi connectivity index (χ0v) is 16.3. The summed E-state index contributed by atoms with van der Waals surface area (Å²) in [5.41, 5.74) is 3.33. The van der Waals surface area contributed by atoms with Gasteiger partial charge in [0.15, 0.2) is 5.72 Å². The standard InChI is InChI=1S/C25H24N2O2/c1-2-7-18(8-3-1)19-12-14-25(15-13-19)27-22(20-9-4-5-10-23(20)29-25)17-21(26-27)24-11-6-16-28-24/h1-11,16,19,22H,12-15,17H2. The third-order valence-electron chi connectivity index (χ3n) is 6.75. The second kappa shape index (κ2) is 6.51. The van der Waals surface area contributed by atoms with E-state index in [1.807, 2.05) is 12.1 Å². The van der Waals surface area contributed by atoms with E-state index >= 15 is 0 Å². The van der Waals surface area contributed by atoms with E-state index in [1.165, 1.54) is 11.1 Å². The Morgan fingerprint density at radius 3 is 2.48 bits per heavy atom. The summed E-state index contributed by atoms with van der Waals surface area (Å²) in [4.78, 5) is 0. The number of hydrogen-bond donors (Lipinski definition) is 0. The van der Waals surface area contributed by atoms with Gasteiger partial charge in [0, 0.05) is 24.8 Å². The fourth-order valence-electron chi connectivity index (χ4n) is 5.28. The zero-order chi connectivity index (χ0) is 19.3. The molecule has 0 saturated heterocycles. The Bertz CT molecular complexity index is 1030. The zero-order valence-electron chi connectivity index (χ0n) is 16.3. The van der Waals surface area contributed by atoms with Gasteiger partial charge in [-0.1, -0.05) is 48.5 Å². The first-order chi connectivity index (χ1) is 14.3. The second-order valence-electron chi connectivity index (χ2n) is 8.36. The van der Waals surface area contributed by atoms with Crippen LogP contribution in [-0.4, -0.2) is 16.4 Å². The van der Waals surface area contributed by atoms with E-state index in [2.05, 4.69) is 59.6 Å². The highest BCUT2D eigenvalue weighted by molar-refractivity contribution is 5.99. The summed E-state index contributed by atoms with van der Waals surface area (Å²) in [6, 6.07) is 23.5. The number of hydrazone groups is 1. The maximum absolute atomic E-state index is 6.71. The Kier molecular flexibility index (Phi) is 3.80. The molecule has 1 atom stereocenters. The molecule has 146 valence electrons. The van der Waals surface area contributed by atoms with Crippen molar-refractivity contribution >= 4 is 5.71 Å². The molecular formula is C25H24N2O2. The summed E-state index contributed by atoms with van der Waals surface area (Å²) in [5.74, 6) is 2.48. The average molecular weight is 384 g/mol. The Morgan fingerprint density at radius 2 is 1.69 bits per heavy atom. The van der Waals surface area contributed by atoms with E-state index in [1.54, 1.807) is 6.26 Å². The number of rotatable bonds is 2. The smallest absolute Gasteiger partial charge is 0.198 e. The SMILES string of the molecule is c1ccc(C2CCC3(CC2)Oc2ccccc2C2CC(c4ccco4)=NN23)cc1. The second-order valence-corrected chi connectivity index (χ2v) is 8.36. The lowest BCUT2D eigenvalue weighted by Crippen LogP contribution is -2.55. The molecule has 3 aromatic rings. The molecule has 0 amide bonds. The van der Waals surface area contributed by atoms with Crippen LogP contribution < -0.4 is 4.74 Å². The number of furan rings is 1. The van der Waals surface area contributed by atoms with Crippen LogP contribution in [0.4, 0.5) is 0 Å². The van der Waals surface area contributed by atoms with Crippen molar-refractivity contribution in [2.75, 3.05) is 0 Å². The number of hydrogen-bond acceptors (Lipinski definition) is 4. The minimum atomic E-state index is -0.362. The van der Waals surface area contributed by atoms with Gasteiger partial charge in [0.05, 0.1) is 12.3 Å². The highest BCUT2D eigenvalue weighted by atomic mass is 16.5. The van der Waals surface area contributed by atoms with Gasteiger partial charge in [0.2, 0.25) is 0 Å². The summed E-state index contributed by atoms with van der Waals surface area (Å²) in [6.45, 7) is 0. The molecule has 1 aromatic heterocycles. The molecule has 2 aromatic carbocycles. The van der Waals surface area contributed by atoms with Crippen LogP contribution in [0.2, 0.25) is 0 Å². The molecule has 1 aliphatic carbocycles. The normalized spacial score (nSPS) is 27.9. The van der Waals surface area contributed by atoms with Gasteiger partial charge >= 0.3 is 0 Å². The van der Waals surface area contributed by atoms with Gasteiger partial charge in [-0.15, -0.1) is 0 Å².